The number of allylic oxidation sites excluding steroid dienone is 3. The van der Waals surface area contributed by atoms with Crippen LogP contribution in [0.4, 0.5) is 0 Å². The molecule has 0 spiro atoms. The van der Waals surface area contributed by atoms with Gasteiger partial charge >= 0.3 is 0 Å². The Kier molecular flexibility index (Phi) is 39.2. The van der Waals surface area contributed by atoms with Gasteiger partial charge in [0.2, 0.25) is 0 Å². The zero-order valence-electron chi connectivity index (χ0n) is 62.7. The third-order valence-electron chi connectivity index (χ3n) is 16.5. The standard InChI is InChI=1S/C18H26.4C10H14.2C6H13N.C5H12N2.C5H11N/c1-10(2)11(3)16-8-17-14(6)12(4)13(5)15(7)18(17)9-16;4*1-7-5-6-8(2)10(4)9(7)3;1-6(2,3)5-7-4;1-5-7-6(2,3)4;1-5(2,3)7-6-4;1-4-5-6(2)3/h16H,8-9H2,1-7H3;4*5-6H,1-4H3;2*5H,1-4H3;1-4H3;4-5H,1-3H3/b;;;;;;;;5-4+. The normalized spacial score (nSPS) is 11.8. The quantitative estimate of drug-likeness (QED) is 0.0987. The minimum Gasteiger partial charge on any atom is -0.384 e. The average Bonchev–Trinajstić information content (AvgIpc) is 2.87. The van der Waals surface area contributed by atoms with Crippen LogP contribution in [-0.2, 0) is 12.8 Å². The number of nitrogens with zero attached hydrogens (tertiary/aromatic N) is 5. The minimum atomic E-state index is 0.00868. The fraction of sp³-hybridized carbons (Fsp3) is 0.550. The Balaban J connectivity index is -0.000000911. The van der Waals surface area contributed by atoms with Gasteiger partial charge in [-0.3, -0.25) is 4.99 Å². The van der Waals surface area contributed by atoms with Crippen molar-refractivity contribution in [2.24, 2.45) is 31.5 Å². The Hall–Kier alpha value is -5.68. The van der Waals surface area contributed by atoms with Gasteiger partial charge in [-0.25, -0.2) is 0 Å². The van der Waals surface area contributed by atoms with E-state index in [-0.39, 0.29) is 16.5 Å². The van der Waals surface area contributed by atoms with Crippen molar-refractivity contribution < 1.29 is 0 Å². The lowest BCUT2D eigenvalue weighted by Crippen LogP contribution is -2.08. The van der Waals surface area contributed by atoms with Crippen molar-refractivity contribution in [1.82, 2.24) is 4.90 Å². The second-order valence-electron chi connectivity index (χ2n) is 27.3. The van der Waals surface area contributed by atoms with E-state index >= 15 is 0 Å². The second kappa shape index (κ2) is 39.9. The van der Waals surface area contributed by atoms with E-state index in [0.717, 1.165) is 5.92 Å². The molecule has 0 saturated carbocycles. The molecular weight excluding hydrogens is 1030 g/mol. The summed E-state index contributed by atoms with van der Waals surface area (Å²) in [5, 5.41) is 7.51. The van der Waals surface area contributed by atoms with Gasteiger partial charge in [0, 0.05) is 34.4 Å². The summed E-state index contributed by atoms with van der Waals surface area (Å²) in [6.07, 6.45) is 10.3. The Labute approximate surface area is 528 Å². The van der Waals surface area contributed by atoms with E-state index in [1.807, 2.05) is 78.3 Å². The molecule has 0 atom stereocenters. The zero-order valence-corrected chi connectivity index (χ0v) is 62.7. The predicted molar refractivity (Wildman–Crippen MR) is 389 cm³/mol. The monoisotopic (exact) mass is 1160 g/mol. The van der Waals surface area contributed by atoms with E-state index in [1.54, 1.807) is 30.8 Å². The number of hydrogen-bond donors (Lipinski definition) is 0. The molecule has 5 aromatic carbocycles. The molecule has 0 fully saturated rings. The van der Waals surface area contributed by atoms with Crippen LogP contribution in [0.2, 0.25) is 0 Å². The minimum absolute atomic E-state index is 0.00868. The maximum Gasteiger partial charge on any atom is 0.0731 e. The van der Waals surface area contributed by atoms with Crippen molar-refractivity contribution in [3.05, 3.63) is 194 Å². The molecule has 5 nitrogen and oxygen atoms in total. The van der Waals surface area contributed by atoms with Crippen LogP contribution in [0.3, 0.4) is 0 Å². The van der Waals surface area contributed by atoms with Gasteiger partial charge in [-0.05, 0) is 374 Å². The van der Waals surface area contributed by atoms with E-state index in [0.29, 0.717) is 0 Å². The van der Waals surface area contributed by atoms with E-state index in [1.165, 1.54) is 130 Å². The highest BCUT2D eigenvalue weighted by Gasteiger charge is 2.27. The fourth-order valence-electron chi connectivity index (χ4n) is 9.04. The first kappa shape index (κ1) is 83.5. The molecule has 0 aromatic heterocycles. The summed E-state index contributed by atoms with van der Waals surface area (Å²) < 4.78 is 0. The van der Waals surface area contributed by atoms with Crippen LogP contribution in [0.25, 0.3) is 0 Å². The van der Waals surface area contributed by atoms with Crippen LogP contribution in [0.15, 0.2) is 92.2 Å². The van der Waals surface area contributed by atoms with E-state index < -0.39 is 0 Å². The van der Waals surface area contributed by atoms with Crippen molar-refractivity contribution in [2.45, 2.75) is 259 Å². The number of rotatable bonds is 2. The molecule has 1 aliphatic rings. The average molecular weight is 1160 g/mol. The Morgan fingerprint density at radius 1 is 0.412 bits per heavy atom. The maximum atomic E-state index is 4.13. The molecule has 0 N–H and O–H groups in total. The molecule has 0 amide bonds. The van der Waals surface area contributed by atoms with Gasteiger partial charge in [-0.2, -0.15) is 10.2 Å². The zero-order chi connectivity index (χ0) is 67.2. The van der Waals surface area contributed by atoms with E-state index in [4.69, 9.17) is 0 Å². The number of fused-ring (bicyclic) bond motifs is 1. The van der Waals surface area contributed by atoms with Crippen molar-refractivity contribution in [3.63, 3.8) is 0 Å². The topological polar surface area (TPSA) is 52.7 Å². The third kappa shape index (κ3) is 33.1. The summed E-state index contributed by atoms with van der Waals surface area (Å²) in [7, 11) is 7.48. The second-order valence-corrected chi connectivity index (χ2v) is 27.3. The van der Waals surface area contributed by atoms with Gasteiger partial charge in [-0.1, -0.05) is 86.5 Å². The first-order chi connectivity index (χ1) is 38.8. The molecule has 0 heterocycles. The highest BCUT2D eigenvalue weighted by molar-refractivity contribution is 5.63. The van der Waals surface area contributed by atoms with Crippen molar-refractivity contribution in [2.75, 3.05) is 28.2 Å². The molecule has 0 aliphatic heterocycles. The SMILES string of the molecule is C/C=C/N(C)C.CC(C)=C(C)C1Cc2c(C)c(C)c(C)c(C)c2C1.CC=NC(C)(C)C.CN=CC(C)(C)C.CN=NC(C)(C)C.Cc1ccc(C)c(C)c1C.Cc1ccc(C)c(C)c1C.Cc1ccc(C)c(C)c1C.Cc1ccc(C)c(C)c1C. The van der Waals surface area contributed by atoms with Gasteiger partial charge < -0.3 is 9.89 Å². The molecule has 476 valence electrons. The summed E-state index contributed by atoms with van der Waals surface area (Å²) in [6, 6.07) is 17.4. The maximum absolute atomic E-state index is 4.13. The Bertz CT molecular complexity index is 2540. The summed E-state index contributed by atoms with van der Waals surface area (Å²) in [5.41, 5.74) is 35.4. The highest BCUT2D eigenvalue weighted by atomic mass is 15.1. The van der Waals surface area contributed by atoms with Gasteiger partial charge in [-0.15, -0.1) is 0 Å². The van der Waals surface area contributed by atoms with Gasteiger partial charge in [0.15, 0.2) is 0 Å². The number of benzene rings is 5. The van der Waals surface area contributed by atoms with E-state index in [9.17, 15) is 0 Å². The van der Waals surface area contributed by atoms with Gasteiger partial charge in [0.05, 0.1) is 11.1 Å². The molecule has 0 saturated heterocycles. The van der Waals surface area contributed by atoms with Crippen LogP contribution in [-0.4, -0.2) is 56.6 Å². The molecule has 5 heteroatoms. The number of hydrogen-bond acceptors (Lipinski definition) is 5. The molecule has 1 aliphatic carbocycles. The molecular formula is C80H131N5. The number of azo groups is 1. The Morgan fingerprint density at radius 2 is 0.671 bits per heavy atom. The fourth-order valence-corrected chi connectivity index (χ4v) is 9.04. The van der Waals surface area contributed by atoms with Gasteiger partial charge in [0.1, 0.15) is 0 Å². The smallest absolute Gasteiger partial charge is 0.0731 e. The largest absolute Gasteiger partial charge is 0.384 e. The Morgan fingerprint density at radius 3 is 0.776 bits per heavy atom. The highest BCUT2D eigenvalue weighted by Crippen LogP contribution is 2.39. The van der Waals surface area contributed by atoms with Crippen LogP contribution >= 0.6 is 0 Å². The summed E-state index contributed by atoms with van der Waals surface area (Å²) in [6.45, 7) is 73.2. The van der Waals surface area contributed by atoms with Gasteiger partial charge in [0.25, 0.3) is 0 Å². The molecule has 85 heavy (non-hydrogen) atoms. The van der Waals surface area contributed by atoms with Crippen LogP contribution in [0, 0.1) is 150 Å². The van der Waals surface area contributed by atoms with Crippen LogP contribution in [0.5, 0.6) is 0 Å². The van der Waals surface area contributed by atoms with E-state index in [2.05, 4.69) is 270 Å². The predicted octanol–water partition coefficient (Wildman–Crippen LogP) is 23.2. The van der Waals surface area contributed by atoms with Crippen LogP contribution < -0.4 is 0 Å². The lowest BCUT2D eigenvalue weighted by Gasteiger charge is -2.15. The molecule has 0 unspecified atom stereocenters. The number of aryl methyl sites for hydroxylation is 8. The first-order valence-electron chi connectivity index (χ1n) is 31.2. The molecule has 0 bridgehead atoms. The summed E-state index contributed by atoms with van der Waals surface area (Å²) in [5.74, 6) is 0.739. The van der Waals surface area contributed by atoms with Crippen molar-refractivity contribution in [1.29, 1.82) is 0 Å². The summed E-state index contributed by atoms with van der Waals surface area (Å²) in [4.78, 5) is 10.0. The molecule has 6 rings (SSSR count). The van der Waals surface area contributed by atoms with Crippen molar-refractivity contribution in [3.8, 4) is 0 Å². The lowest BCUT2D eigenvalue weighted by molar-refractivity contribution is 0.547. The van der Waals surface area contributed by atoms with Crippen molar-refractivity contribution >= 4 is 12.4 Å². The first-order valence-corrected chi connectivity index (χ1v) is 31.2. The third-order valence-corrected chi connectivity index (χ3v) is 16.5. The molecule has 0 radical (unpaired) electrons. The lowest BCUT2D eigenvalue weighted by atomic mass is 9.90. The summed E-state index contributed by atoms with van der Waals surface area (Å²) >= 11 is 0. The van der Waals surface area contributed by atoms with Crippen LogP contribution in [0.1, 0.15) is 219 Å². The number of aliphatic imine (C=N–C) groups is 2. The molecule has 5 aromatic rings.